The smallest absolute Gasteiger partial charge is 0.306 e. The van der Waals surface area contributed by atoms with E-state index in [1.165, 1.54) is 6.42 Å². The van der Waals surface area contributed by atoms with Crippen LogP contribution in [-0.2, 0) is 16.1 Å². The fraction of sp³-hybridized carbons (Fsp3) is 0.462. The van der Waals surface area contributed by atoms with Gasteiger partial charge >= 0.3 is 5.97 Å². The molecule has 0 N–H and O–H groups in total. The SMILES string of the molecule is C[C@@H]1C[C@H]1CC(=O)OCc1ccccc1. The van der Waals surface area contributed by atoms with E-state index in [1.54, 1.807) is 0 Å². The number of hydrogen-bond donors (Lipinski definition) is 0. The second-order valence-electron chi connectivity index (χ2n) is 4.32. The zero-order chi connectivity index (χ0) is 10.7. The van der Waals surface area contributed by atoms with Gasteiger partial charge in [0.05, 0.1) is 0 Å². The number of rotatable bonds is 4. The molecule has 0 spiro atoms. The molecule has 1 aliphatic rings. The summed E-state index contributed by atoms with van der Waals surface area (Å²) in [5.74, 6) is 1.23. The van der Waals surface area contributed by atoms with Crippen LogP contribution in [0.1, 0.15) is 25.3 Å². The molecule has 15 heavy (non-hydrogen) atoms. The van der Waals surface area contributed by atoms with E-state index in [2.05, 4.69) is 6.92 Å². The van der Waals surface area contributed by atoms with Gasteiger partial charge in [-0.2, -0.15) is 0 Å². The van der Waals surface area contributed by atoms with Gasteiger partial charge in [-0.3, -0.25) is 4.79 Å². The zero-order valence-corrected chi connectivity index (χ0v) is 8.98. The van der Waals surface area contributed by atoms with Crippen LogP contribution in [0, 0.1) is 11.8 Å². The predicted molar refractivity (Wildman–Crippen MR) is 58.1 cm³/mol. The summed E-state index contributed by atoms with van der Waals surface area (Å²) in [6.45, 7) is 2.58. The molecule has 1 fully saturated rings. The highest BCUT2D eigenvalue weighted by atomic mass is 16.5. The molecule has 0 saturated heterocycles. The van der Waals surface area contributed by atoms with E-state index in [9.17, 15) is 4.79 Å². The summed E-state index contributed by atoms with van der Waals surface area (Å²) in [6, 6.07) is 9.79. The maximum absolute atomic E-state index is 11.4. The Balaban J connectivity index is 1.71. The predicted octanol–water partition coefficient (Wildman–Crippen LogP) is 2.78. The van der Waals surface area contributed by atoms with Gasteiger partial charge in [-0.1, -0.05) is 37.3 Å². The molecule has 2 atom stereocenters. The maximum atomic E-state index is 11.4. The van der Waals surface area contributed by atoms with E-state index in [4.69, 9.17) is 4.74 Å². The molecule has 0 bridgehead atoms. The lowest BCUT2D eigenvalue weighted by atomic mass is 10.2. The average Bonchev–Trinajstić information content (AvgIpc) is 2.93. The van der Waals surface area contributed by atoms with Gasteiger partial charge in [0, 0.05) is 6.42 Å². The first-order chi connectivity index (χ1) is 7.25. The summed E-state index contributed by atoms with van der Waals surface area (Å²) in [4.78, 5) is 11.4. The molecule has 1 saturated carbocycles. The molecule has 80 valence electrons. The van der Waals surface area contributed by atoms with Crippen LogP contribution in [0.3, 0.4) is 0 Å². The molecule has 0 radical (unpaired) electrons. The number of ether oxygens (including phenoxy) is 1. The van der Waals surface area contributed by atoms with Crippen molar-refractivity contribution in [1.29, 1.82) is 0 Å². The average molecular weight is 204 g/mol. The molecule has 0 heterocycles. The van der Waals surface area contributed by atoms with Gasteiger partial charge < -0.3 is 4.74 Å². The lowest BCUT2D eigenvalue weighted by molar-refractivity contribution is -0.145. The van der Waals surface area contributed by atoms with Gasteiger partial charge in [0.25, 0.3) is 0 Å². The standard InChI is InChI=1S/C13H16O2/c1-10-7-12(10)8-13(14)15-9-11-5-3-2-4-6-11/h2-6,10,12H,7-9H2,1H3/t10-,12+/m1/s1. The number of hydrogen-bond acceptors (Lipinski definition) is 2. The Morgan fingerprint density at radius 3 is 2.67 bits per heavy atom. The van der Waals surface area contributed by atoms with E-state index in [0.29, 0.717) is 24.9 Å². The van der Waals surface area contributed by atoms with Crippen molar-refractivity contribution < 1.29 is 9.53 Å². The highest BCUT2D eigenvalue weighted by Crippen LogP contribution is 2.40. The Labute approximate surface area is 90.3 Å². The topological polar surface area (TPSA) is 26.3 Å². The summed E-state index contributed by atoms with van der Waals surface area (Å²) < 4.78 is 5.19. The molecular formula is C13H16O2. The number of benzene rings is 1. The van der Waals surface area contributed by atoms with Gasteiger partial charge in [0.1, 0.15) is 6.61 Å². The minimum Gasteiger partial charge on any atom is -0.461 e. The Bertz CT molecular complexity index is 332. The highest BCUT2D eigenvalue weighted by molar-refractivity contribution is 5.70. The van der Waals surface area contributed by atoms with Crippen LogP contribution in [0.2, 0.25) is 0 Å². The highest BCUT2D eigenvalue weighted by Gasteiger charge is 2.34. The summed E-state index contributed by atoms with van der Waals surface area (Å²) in [7, 11) is 0. The summed E-state index contributed by atoms with van der Waals surface area (Å²) >= 11 is 0. The van der Waals surface area contributed by atoms with Crippen LogP contribution in [0.4, 0.5) is 0 Å². The fourth-order valence-electron chi connectivity index (χ4n) is 1.69. The summed E-state index contributed by atoms with van der Waals surface area (Å²) in [5, 5.41) is 0. The van der Waals surface area contributed by atoms with Crippen molar-refractivity contribution in [2.24, 2.45) is 11.8 Å². The molecule has 0 amide bonds. The molecule has 0 aromatic heterocycles. The molecule has 0 unspecified atom stereocenters. The first-order valence-electron chi connectivity index (χ1n) is 5.45. The number of carbonyl (C=O) groups is 1. The van der Waals surface area contributed by atoms with E-state index in [0.717, 1.165) is 5.56 Å². The largest absolute Gasteiger partial charge is 0.461 e. The first kappa shape index (κ1) is 10.2. The van der Waals surface area contributed by atoms with Gasteiger partial charge in [0.15, 0.2) is 0 Å². The molecule has 2 nitrogen and oxygen atoms in total. The normalized spacial score (nSPS) is 23.5. The molecule has 1 aromatic rings. The Kier molecular flexibility index (Phi) is 3.05. The molecule has 1 aliphatic carbocycles. The quantitative estimate of drug-likeness (QED) is 0.705. The van der Waals surface area contributed by atoms with Crippen molar-refractivity contribution in [3.8, 4) is 0 Å². The van der Waals surface area contributed by atoms with Gasteiger partial charge in [-0.15, -0.1) is 0 Å². The van der Waals surface area contributed by atoms with E-state index >= 15 is 0 Å². The van der Waals surface area contributed by atoms with Crippen LogP contribution in [-0.4, -0.2) is 5.97 Å². The Morgan fingerprint density at radius 1 is 1.40 bits per heavy atom. The Hall–Kier alpha value is -1.31. The van der Waals surface area contributed by atoms with Crippen molar-refractivity contribution in [3.63, 3.8) is 0 Å². The third-order valence-corrected chi connectivity index (χ3v) is 2.95. The van der Waals surface area contributed by atoms with Crippen LogP contribution in [0.15, 0.2) is 30.3 Å². The zero-order valence-electron chi connectivity index (χ0n) is 8.98. The Morgan fingerprint density at radius 2 is 2.07 bits per heavy atom. The second-order valence-corrected chi connectivity index (χ2v) is 4.32. The van der Waals surface area contributed by atoms with Crippen molar-refractivity contribution in [1.82, 2.24) is 0 Å². The summed E-state index contributed by atoms with van der Waals surface area (Å²) in [5.41, 5.74) is 1.05. The van der Waals surface area contributed by atoms with E-state index in [-0.39, 0.29) is 5.97 Å². The van der Waals surface area contributed by atoms with Crippen molar-refractivity contribution in [2.45, 2.75) is 26.4 Å². The second kappa shape index (κ2) is 4.47. The summed E-state index contributed by atoms with van der Waals surface area (Å²) in [6.07, 6.45) is 1.77. The maximum Gasteiger partial charge on any atom is 0.306 e. The van der Waals surface area contributed by atoms with Gasteiger partial charge in [-0.25, -0.2) is 0 Å². The van der Waals surface area contributed by atoms with E-state index in [1.807, 2.05) is 30.3 Å². The lowest BCUT2D eigenvalue weighted by Gasteiger charge is -2.03. The molecule has 1 aromatic carbocycles. The van der Waals surface area contributed by atoms with Gasteiger partial charge in [0.2, 0.25) is 0 Å². The molecule has 2 heteroatoms. The minimum absolute atomic E-state index is 0.0618. The molecule has 2 rings (SSSR count). The molecular weight excluding hydrogens is 188 g/mol. The van der Waals surface area contributed by atoms with E-state index < -0.39 is 0 Å². The lowest BCUT2D eigenvalue weighted by Crippen LogP contribution is -2.05. The fourth-order valence-corrected chi connectivity index (χ4v) is 1.69. The van der Waals surface area contributed by atoms with Crippen LogP contribution >= 0.6 is 0 Å². The van der Waals surface area contributed by atoms with Crippen molar-refractivity contribution in [3.05, 3.63) is 35.9 Å². The van der Waals surface area contributed by atoms with Crippen LogP contribution < -0.4 is 0 Å². The van der Waals surface area contributed by atoms with Crippen LogP contribution in [0.5, 0.6) is 0 Å². The third kappa shape index (κ3) is 3.08. The number of carbonyl (C=O) groups excluding carboxylic acids is 1. The van der Waals surface area contributed by atoms with Crippen LogP contribution in [0.25, 0.3) is 0 Å². The monoisotopic (exact) mass is 204 g/mol. The number of esters is 1. The minimum atomic E-state index is -0.0618. The van der Waals surface area contributed by atoms with Crippen molar-refractivity contribution >= 4 is 5.97 Å². The first-order valence-corrected chi connectivity index (χ1v) is 5.45. The third-order valence-electron chi connectivity index (χ3n) is 2.95. The van der Waals surface area contributed by atoms with Gasteiger partial charge in [-0.05, 0) is 23.8 Å². The molecule has 0 aliphatic heterocycles. The van der Waals surface area contributed by atoms with Crippen molar-refractivity contribution in [2.75, 3.05) is 0 Å².